The third kappa shape index (κ3) is 2.56. The van der Waals surface area contributed by atoms with Crippen LogP contribution in [0.15, 0.2) is 24.4 Å². The zero-order valence-electron chi connectivity index (χ0n) is 8.97. The molecule has 86 valence electrons. The highest BCUT2D eigenvalue weighted by Crippen LogP contribution is 2.08. The molecule has 0 amide bonds. The first kappa shape index (κ1) is 11.0. The molecule has 1 fully saturated rings. The van der Waals surface area contributed by atoms with Crippen molar-refractivity contribution in [3.05, 3.63) is 30.1 Å². The lowest BCUT2D eigenvalue weighted by atomic mass is 10.2. The van der Waals surface area contributed by atoms with Gasteiger partial charge in [0.15, 0.2) is 0 Å². The maximum Gasteiger partial charge on any atom is 0.322 e. The molecule has 0 aliphatic carbocycles. The molecule has 0 spiro atoms. The van der Waals surface area contributed by atoms with Crippen LogP contribution in [0, 0.1) is 0 Å². The summed E-state index contributed by atoms with van der Waals surface area (Å²) in [4.78, 5) is 17.2. The van der Waals surface area contributed by atoms with Crippen LogP contribution < -0.4 is 5.32 Å². The molecule has 0 bridgehead atoms. The number of pyridine rings is 1. The van der Waals surface area contributed by atoms with Gasteiger partial charge in [-0.2, -0.15) is 0 Å². The number of piperazine rings is 1. The lowest BCUT2D eigenvalue weighted by molar-refractivity contribution is -0.144. The van der Waals surface area contributed by atoms with Gasteiger partial charge in [-0.25, -0.2) is 0 Å². The van der Waals surface area contributed by atoms with E-state index in [4.69, 9.17) is 5.11 Å². The Morgan fingerprint density at radius 1 is 1.62 bits per heavy atom. The molecule has 1 aliphatic heterocycles. The van der Waals surface area contributed by atoms with Gasteiger partial charge in [0.25, 0.3) is 0 Å². The number of aliphatic carboxylic acids is 1. The van der Waals surface area contributed by atoms with Crippen molar-refractivity contribution in [2.75, 3.05) is 19.6 Å². The summed E-state index contributed by atoms with van der Waals surface area (Å²) in [5, 5.41) is 12.2. The Morgan fingerprint density at radius 2 is 2.50 bits per heavy atom. The van der Waals surface area contributed by atoms with Crippen LogP contribution in [-0.2, 0) is 11.3 Å². The number of aromatic nitrogens is 1. The molecule has 5 nitrogen and oxygen atoms in total. The van der Waals surface area contributed by atoms with E-state index in [-0.39, 0.29) is 0 Å². The van der Waals surface area contributed by atoms with E-state index in [1.807, 2.05) is 23.1 Å². The second kappa shape index (κ2) is 5.05. The standard InChI is InChI=1S/C11H15N3O2/c15-11(16)10-7-12-5-6-14(10)8-9-3-1-2-4-13-9/h1-4,10,12H,5-8H2,(H,15,16)/t10-/m1/s1. The van der Waals surface area contributed by atoms with Gasteiger partial charge in [-0.15, -0.1) is 0 Å². The first-order chi connectivity index (χ1) is 7.77. The molecule has 0 aromatic carbocycles. The minimum absolute atomic E-state index is 0.448. The van der Waals surface area contributed by atoms with Gasteiger partial charge in [0.1, 0.15) is 6.04 Å². The fourth-order valence-electron chi connectivity index (χ4n) is 1.88. The van der Waals surface area contributed by atoms with E-state index in [0.717, 1.165) is 18.8 Å². The Bertz CT molecular complexity index is 356. The molecule has 16 heavy (non-hydrogen) atoms. The summed E-state index contributed by atoms with van der Waals surface area (Å²) in [7, 11) is 0. The summed E-state index contributed by atoms with van der Waals surface area (Å²) in [6.07, 6.45) is 1.73. The van der Waals surface area contributed by atoms with Crippen molar-refractivity contribution in [2.24, 2.45) is 0 Å². The average Bonchev–Trinajstić information content (AvgIpc) is 2.31. The van der Waals surface area contributed by atoms with Gasteiger partial charge in [-0.3, -0.25) is 14.7 Å². The summed E-state index contributed by atoms with van der Waals surface area (Å²) in [5.41, 5.74) is 0.913. The fraction of sp³-hybridized carbons (Fsp3) is 0.455. The molecule has 2 N–H and O–H groups in total. The quantitative estimate of drug-likeness (QED) is 0.748. The van der Waals surface area contributed by atoms with Crippen molar-refractivity contribution in [2.45, 2.75) is 12.6 Å². The third-order valence-electron chi connectivity index (χ3n) is 2.73. The second-order valence-electron chi connectivity index (χ2n) is 3.85. The second-order valence-corrected chi connectivity index (χ2v) is 3.85. The minimum atomic E-state index is -0.775. The summed E-state index contributed by atoms with van der Waals surface area (Å²) in [6, 6.07) is 5.24. The first-order valence-electron chi connectivity index (χ1n) is 5.35. The van der Waals surface area contributed by atoms with Crippen molar-refractivity contribution in [1.29, 1.82) is 0 Å². The van der Waals surface area contributed by atoms with Crippen molar-refractivity contribution < 1.29 is 9.90 Å². The monoisotopic (exact) mass is 221 g/mol. The highest BCUT2D eigenvalue weighted by Gasteiger charge is 2.28. The Hall–Kier alpha value is -1.46. The molecule has 2 heterocycles. The van der Waals surface area contributed by atoms with E-state index < -0.39 is 12.0 Å². The molecular weight excluding hydrogens is 206 g/mol. The zero-order chi connectivity index (χ0) is 11.4. The Balaban J connectivity index is 2.04. The van der Waals surface area contributed by atoms with Crippen molar-refractivity contribution in [3.63, 3.8) is 0 Å². The van der Waals surface area contributed by atoms with Crippen molar-refractivity contribution in [3.8, 4) is 0 Å². The van der Waals surface area contributed by atoms with Gasteiger partial charge in [0, 0.05) is 32.4 Å². The summed E-state index contributed by atoms with van der Waals surface area (Å²) >= 11 is 0. The lowest BCUT2D eigenvalue weighted by Gasteiger charge is -2.32. The topological polar surface area (TPSA) is 65.5 Å². The maximum atomic E-state index is 11.1. The van der Waals surface area contributed by atoms with Crippen LogP contribution in [0.1, 0.15) is 5.69 Å². The Labute approximate surface area is 94.1 Å². The van der Waals surface area contributed by atoms with E-state index in [1.165, 1.54) is 0 Å². The van der Waals surface area contributed by atoms with Gasteiger partial charge in [-0.1, -0.05) is 6.07 Å². The van der Waals surface area contributed by atoms with Gasteiger partial charge in [0.05, 0.1) is 5.69 Å². The highest BCUT2D eigenvalue weighted by molar-refractivity contribution is 5.73. The van der Waals surface area contributed by atoms with E-state index in [2.05, 4.69) is 10.3 Å². The van der Waals surface area contributed by atoms with E-state index in [1.54, 1.807) is 6.20 Å². The lowest BCUT2D eigenvalue weighted by Crippen LogP contribution is -2.54. The van der Waals surface area contributed by atoms with E-state index in [0.29, 0.717) is 13.1 Å². The predicted molar refractivity (Wildman–Crippen MR) is 58.9 cm³/mol. The number of hydrogen-bond donors (Lipinski definition) is 2. The molecule has 0 unspecified atom stereocenters. The molecule has 1 aromatic heterocycles. The molecular formula is C11H15N3O2. The number of carbonyl (C=O) groups is 1. The van der Waals surface area contributed by atoms with Crippen LogP contribution in [-0.4, -0.2) is 46.6 Å². The van der Waals surface area contributed by atoms with Crippen molar-refractivity contribution in [1.82, 2.24) is 15.2 Å². The average molecular weight is 221 g/mol. The molecule has 1 saturated heterocycles. The van der Waals surface area contributed by atoms with Gasteiger partial charge in [-0.05, 0) is 12.1 Å². The number of carboxylic acid groups (broad SMARTS) is 1. The number of rotatable bonds is 3. The van der Waals surface area contributed by atoms with Gasteiger partial charge >= 0.3 is 5.97 Å². The molecule has 0 radical (unpaired) electrons. The fourth-order valence-corrected chi connectivity index (χ4v) is 1.88. The third-order valence-corrected chi connectivity index (χ3v) is 2.73. The van der Waals surface area contributed by atoms with E-state index in [9.17, 15) is 4.79 Å². The zero-order valence-corrected chi connectivity index (χ0v) is 8.97. The number of carboxylic acids is 1. The number of hydrogen-bond acceptors (Lipinski definition) is 4. The molecule has 2 rings (SSSR count). The SMILES string of the molecule is O=C(O)[C@H]1CNCCN1Cc1ccccn1. The molecule has 1 aromatic rings. The van der Waals surface area contributed by atoms with Gasteiger partial charge < -0.3 is 10.4 Å². The number of nitrogens with one attached hydrogen (secondary N) is 1. The van der Waals surface area contributed by atoms with Crippen molar-refractivity contribution >= 4 is 5.97 Å². The normalized spacial score (nSPS) is 21.9. The summed E-state index contributed by atoms with van der Waals surface area (Å²) in [6.45, 7) is 2.67. The minimum Gasteiger partial charge on any atom is -0.480 e. The first-order valence-corrected chi connectivity index (χ1v) is 5.35. The largest absolute Gasteiger partial charge is 0.480 e. The molecule has 0 saturated carbocycles. The highest BCUT2D eigenvalue weighted by atomic mass is 16.4. The maximum absolute atomic E-state index is 11.1. The number of nitrogens with zero attached hydrogens (tertiary/aromatic N) is 2. The van der Waals surface area contributed by atoms with Crippen LogP contribution in [0.3, 0.4) is 0 Å². The van der Waals surface area contributed by atoms with Crippen LogP contribution in [0.2, 0.25) is 0 Å². The summed E-state index contributed by atoms with van der Waals surface area (Å²) < 4.78 is 0. The van der Waals surface area contributed by atoms with Crippen LogP contribution in [0.4, 0.5) is 0 Å². The van der Waals surface area contributed by atoms with Gasteiger partial charge in [0.2, 0.25) is 0 Å². The molecule has 5 heteroatoms. The van der Waals surface area contributed by atoms with Crippen LogP contribution >= 0.6 is 0 Å². The molecule has 1 atom stereocenters. The van der Waals surface area contributed by atoms with E-state index >= 15 is 0 Å². The van der Waals surface area contributed by atoms with Crippen LogP contribution in [0.25, 0.3) is 0 Å². The summed E-state index contributed by atoms with van der Waals surface area (Å²) in [5.74, 6) is -0.775. The smallest absolute Gasteiger partial charge is 0.322 e. The Kier molecular flexibility index (Phi) is 3.48. The van der Waals surface area contributed by atoms with Crippen LogP contribution in [0.5, 0.6) is 0 Å². The predicted octanol–water partition coefficient (Wildman–Crippen LogP) is -0.0600. The Morgan fingerprint density at radius 3 is 3.19 bits per heavy atom. The molecule has 1 aliphatic rings.